The van der Waals surface area contributed by atoms with Gasteiger partial charge in [-0.2, -0.15) is 5.16 Å². The van der Waals surface area contributed by atoms with Crippen LogP contribution in [-0.2, 0) is 0 Å². The number of aromatic amines is 1. The first-order valence-electron chi connectivity index (χ1n) is 2.14. The van der Waals surface area contributed by atoms with Crippen LogP contribution >= 0.6 is 0 Å². The van der Waals surface area contributed by atoms with Crippen LogP contribution in [0.2, 0.25) is 0 Å². The zero-order valence-corrected chi connectivity index (χ0v) is 4.18. The Hall–Kier alpha value is -1.25. The van der Waals surface area contributed by atoms with Crippen LogP contribution in [0.4, 0.5) is 0 Å². The van der Waals surface area contributed by atoms with Crippen LogP contribution in [0.3, 0.4) is 0 Å². The molecule has 1 N–H and O–H groups in total. The number of rotatable bonds is 1. The summed E-state index contributed by atoms with van der Waals surface area (Å²) >= 11 is 0. The van der Waals surface area contributed by atoms with Crippen molar-refractivity contribution in [3.8, 4) is 0 Å². The second kappa shape index (κ2) is 1.69. The molecule has 0 aromatic carbocycles. The first-order valence-corrected chi connectivity index (χ1v) is 2.14. The number of aromatic nitrogens is 1. The molecule has 0 aliphatic rings. The fourth-order valence-electron chi connectivity index (χ4n) is 0.398. The summed E-state index contributed by atoms with van der Waals surface area (Å²) in [6, 6.07) is 1.33. The van der Waals surface area contributed by atoms with Gasteiger partial charge in [-0.05, 0) is 6.08 Å². The van der Waals surface area contributed by atoms with E-state index in [9.17, 15) is 4.79 Å². The van der Waals surface area contributed by atoms with E-state index in [4.69, 9.17) is 0 Å². The van der Waals surface area contributed by atoms with Crippen LogP contribution < -0.4 is 5.56 Å². The summed E-state index contributed by atoms with van der Waals surface area (Å²) in [7, 11) is 0. The molecule has 0 radical (unpaired) electrons. The molecule has 8 heavy (non-hydrogen) atoms. The van der Waals surface area contributed by atoms with Gasteiger partial charge in [-0.1, -0.05) is 6.58 Å². The second-order valence-corrected chi connectivity index (χ2v) is 1.32. The topological polar surface area (TPSA) is 46.0 Å². The molecule has 1 rings (SSSR count). The van der Waals surface area contributed by atoms with Crippen LogP contribution in [-0.4, -0.2) is 5.16 Å². The minimum atomic E-state index is -0.236. The van der Waals surface area contributed by atoms with Crippen LogP contribution in [0, 0.1) is 0 Å². The Bertz CT molecular complexity index is 233. The highest BCUT2D eigenvalue weighted by atomic mass is 16.5. The van der Waals surface area contributed by atoms with Crippen molar-refractivity contribution in [3.63, 3.8) is 0 Å². The molecule has 1 aromatic rings. The van der Waals surface area contributed by atoms with E-state index < -0.39 is 0 Å². The molecule has 42 valence electrons. The third-order valence-electron chi connectivity index (χ3n) is 0.744. The third kappa shape index (κ3) is 0.703. The van der Waals surface area contributed by atoms with Crippen molar-refractivity contribution in [1.29, 1.82) is 0 Å². The van der Waals surface area contributed by atoms with E-state index in [1.54, 1.807) is 0 Å². The van der Waals surface area contributed by atoms with Crippen molar-refractivity contribution >= 4 is 6.08 Å². The van der Waals surface area contributed by atoms with Crippen LogP contribution in [0.25, 0.3) is 6.08 Å². The lowest BCUT2D eigenvalue weighted by atomic mass is 10.5. The fraction of sp³-hybridized carbons (Fsp3) is 0. The van der Waals surface area contributed by atoms with Gasteiger partial charge in [0.25, 0.3) is 5.56 Å². The Morgan fingerprint density at radius 2 is 2.62 bits per heavy atom. The summed E-state index contributed by atoms with van der Waals surface area (Å²) in [6.45, 7) is 3.39. The predicted molar refractivity (Wildman–Crippen MR) is 29.4 cm³/mol. The highest BCUT2D eigenvalue weighted by Crippen LogP contribution is 1.90. The largest absolute Gasteiger partial charge is 0.379 e. The summed E-state index contributed by atoms with van der Waals surface area (Å²) < 4.78 is 4.56. The standard InChI is InChI=1S/C5H5NO2/c1-2-4-3-5(7)6-8-4/h2-3H,1H2,(H,6,7). The maximum Gasteiger partial charge on any atom is 0.280 e. The smallest absolute Gasteiger partial charge is 0.280 e. The average molecular weight is 111 g/mol. The molecule has 0 saturated carbocycles. The summed E-state index contributed by atoms with van der Waals surface area (Å²) in [4.78, 5) is 10.3. The van der Waals surface area contributed by atoms with Crippen LogP contribution in [0.1, 0.15) is 5.76 Å². The Morgan fingerprint density at radius 3 is 2.88 bits per heavy atom. The number of H-pyrrole nitrogens is 1. The molecule has 1 heterocycles. The molecule has 0 unspecified atom stereocenters. The Morgan fingerprint density at radius 1 is 1.88 bits per heavy atom. The van der Waals surface area contributed by atoms with Gasteiger partial charge in [-0.3, -0.25) is 4.79 Å². The van der Waals surface area contributed by atoms with Crippen LogP contribution in [0.5, 0.6) is 0 Å². The minimum Gasteiger partial charge on any atom is -0.379 e. The lowest BCUT2D eigenvalue weighted by Crippen LogP contribution is -1.92. The maximum absolute atomic E-state index is 10.3. The third-order valence-corrected chi connectivity index (χ3v) is 0.744. The second-order valence-electron chi connectivity index (χ2n) is 1.32. The normalized spacial score (nSPS) is 9.00. The average Bonchev–Trinajstić information content (AvgIpc) is 2.14. The number of hydrogen-bond acceptors (Lipinski definition) is 2. The molecule has 0 saturated heterocycles. The lowest BCUT2D eigenvalue weighted by molar-refractivity contribution is 0.407. The molecule has 0 atom stereocenters. The zero-order chi connectivity index (χ0) is 5.98. The molecule has 0 fully saturated rings. The van der Waals surface area contributed by atoms with Crippen molar-refractivity contribution in [3.05, 3.63) is 28.8 Å². The first-order chi connectivity index (χ1) is 3.83. The molecule has 0 amide bonds. The molecule has 1 aromatic heterocycles. The van der Waals surface area contributed by atoms with E-state index in [1.807, 2.05) is 0 Å². The quantitative estimate of drug-likeness (QED) is 0.577. The van der Waals surface area contributed by atoms with Crippen molar-refractivity contribution < 1.29 is 4.52 Å². The summed E-state index contributed by atoms with van der Waals surface area (Å²) in [5, 5.41) is 2.12. The predicted octanol–water partition coefficient (Wildman–Crippen LogP) is 0.611. The van der Waals surface area contributed by atoms with Crippen molar-refractivity contribution in [2.75, 3.05) is 0 Å². The van der Waals surface area contributed by atoms with E-state index >= 15 is 0 Å². The Kier molecular flexibility index (Phi) is 1.04. The van der Waals surface area contributed by atoms with Gasteiger partial charge in [0.05, 0.1) is 6.07 Å². The first kappa shape index (κ1) is 4.90. The molecule has 0 bridgehead atoms. The monoisotopic (exact) mass is 111 g/mol. The molecule has 0 aliphatic carbocycles. The molecule has 3 nitrogen and oxygen atoms in total. The number of hydrogen-bond donors (Lipinski definition) is 1. The number of nitrogens with one attached hydrogen (secondary N) is 1. The molecule has 0 aliphatic heterocycles. The van der Waals surface area contributed by atoms with Gasteiger partial charge in [0, 0.05) is 0 Å². The summed E-state index contributed by atoms with van der Waals surface area (Å²) in [5.74, 6) is 0.468. The van der Waals surface area contributed by atoms with Gasteiger partial charge in [-0.15, -0.1) is 0 Å². The SMILES string of the molecule is C=Cc1cc(=O)[nH]o1. The van der Waals surface area contributed by atoms with Crippen molar-refractivity contribution in [1.82, 2.24) is 5.16 Å². The van der Waals surface area contributed by atoms with Gasteiger partial charge >= 0.3 is 0 Å². The Labute approximate surface area is 45.6 Å². The van der Waals surface area contributed by atoms with Gasteiger partial charge < -0.3 is 4.52 Å². The summed E-state index contributed by atoms with van der Waals surface area (Å²) in [6.07, 6.45) is 1.46. The fourth-order valence-corrected chi connectivity index (χ4v) is 0.398. The van der Waals surface area contributed by atoms with E-state index in [0.717, 1.165) is 0 Å². The Balaban J connectivity index is 3.18. The van der Waals surface area contributed by atoms with E-state index in [2.05, 4.69) is 16.3 Å². The summed E-state index contributed by atoms with van der Waals surface area (Å²) in [5.41, 5.74) is -0.236. The van der Waals surface area contributed by atoms with E-state index in [0.29, 0.717) is 5.76 Å². The maximum atomic E-state index is 10.3. The molecular weight excluding hydrogens is 106 g/mol. The zero-order valence-electron chi connectivity index (χ0n) is 4.18. The van der Waals surface area contributed by atoms with E-state index in [-0.39, 0.29) is 5.56 Å². The molecule has 3 heteroatoms. The van der Waals surface area contributed by atoms with Crippen LogP contribution in [0.15, 0.2) is 22.0 Å². The van der Waals surface area contributed by atoms with Gasteiger partial charge in [0.2, 0.25) is 0 Å². The lowest BCUT2D eigenvalue weighted by Gasteiger charge is -1.70. The molecule has 0 spiro atoms. The van der Waals surface area contributed by atoms with Gasteiger partial charge in [-0.25, -0.2) is 0 Å². The van der Waals surface area contributed by atoms with Gasteiger partial charge in [0.15, 0.2) is 5.76 Å². The van der Waals surface area contributed by atoms with Crippen molar-refractivity contribution in [2.24, 2.45) is 0 Å². The molecular formula is C5H5NO2. The highest BCUT2D eigenvalue weighted by molar-refractivity contribution is 5.37. The van der Waals surface area contributed by atoms with Gasteiger partial charge in [0.1, 0.15) is 0 Å². The highest BCUT2D eigenvalue weighted by Gasteiger charge is 1.88. The van der Waals surface area contributed by atoms with Crippen molar-refractivity contribution in [2.45, 2.75) is 0 Å². The minimum absolute atomic E-state index is 0.236. The van der Waals surface area contributed by atoms with E-state index in [1.165, 1.54) is 12.1 Å².